The first-order valence-electron chi connectivity index (χ1n) is 10.2. The van der Waals surface area contributed by atoms with E-state index in [-0.39, 0.29) is 18.0 Å². The number of carbonyl (C=O) groups excluding carboxylic acids is 1. The molecule has 1 aliphatic rings. The van der Waals surface area contributed by atoms with Gasteiger partial charge in [-0.05, 0) is 31.6 Å². The normalized spacial score (nSPS) is 22.0. The summed E-state index contributed by atoms with van der Waals surface area (Å²) < 4.78 is 0. The summed E-state index contributed by atoms with van der Waals surface area (Å²) in [5.41, 5.74) is 7.89. The van der Waals surface area contributed by atoms with E-state index in [4.69, 9.17) is 5.73 Å². The molecule has 1 amide bonds. The van der Waals surface area contributed by atoms with Crippen molar-refractivity contribution < 1.29 is 4.79 Å². The number of rotatable bonds is 8. The maximum absolute atomic E-state index is 12.8. The number of allylic oxidation sites excluding steroid dienone is 2. The van der Waals surface area contributed by atoms with Crippen LogP contribution in [0.4, 0.5) is 0 Å². The SMILES string of the molecule is C=Cc1scc(C(=O)N[C@@H]2C(N)CCCC2C/C=C\CCC)c1C=C.CC. The van der Waals surface area contributed by atoms with Gasteiger partial charge in [-0.25, -0.2) is 0 Å². The van der Waals surface area contributed by atoms with E-state index in [0.717, 1.165) is 49.0 Å². The van der Waals surface area contributed by atoms with Crippen molar-refractivity contribution in [2.24, 2.45) is 11.7 Å². The molecule has 150 valence electrons. The first-order chi connectivity index (χ1) is 13.1. The molecule has 0 spiro atoms. The quantitative estimate of drug-likeness (QED) is 0.534. The van der Waals surface area contributed by atoms with E-state index in [1.165, 1.54) is 11.3 Å². The molecule has 1 saturated carbocycles. The van der Waals surface area contributed by atoms with Crippen molar-refractivity contribution in [3.05, 3.63) is 46.7 Å². The molecule has 0 aliphatic heterocycles. The highest BCUT2D eigenvalue weighted by molar-refractivity contribution is 7.11. The number of nitrogens with two attached hydrogens (primary N) is 1. The van der Waals surface area contributed by atoms with Crippen molar-refractivity contribution in [3.63, 3.8) is 0 Å². The molecule has 2 rings (SSSR count). The zero-order chi connectivity index (χ0) is 20.2. The first kappa shape index (κ1) is 23.4. The van der Waals surface area contributed by atoms with E-state index >= 15 is 0 Å². The van der Waals surface area contributed by atoms with Gasteiger partial charge in [0.25, 0.3) is 5.91 Å². The fraction of sp³-hybridized carbons (Fsp3) is 0.522. The van der Waals surface area contributed by atoms with Crippen LogP contribution in [-0.4, -0.2) is 18.0 Å². The second-order valence-electron chi connectivity index (χ2n) is 6.69. The molecule has 27 heavy (non-hydrogen) atoms. The second kappa shape index (κ2) is 12.7. The third-order valence-corrected chi connectivity index (χ3v) is 5.93. The van der Waals surface area contributed by atoms with E-state index in [1.54, 1.807) is 12.2 Å². The molecular formula is C23H36N2OS. The van der Waals surface area contributed by atoms with Gasteiger partial charge in [-0.1, -0.05) is 71.1 Å². The average Bonchev–Trinajstić information content (AvgIpc) is 3.12. The van der Waals surface area contributed by atoms with Crippen LogP contribution in [0.1, 0.15) is 80.1 Å². The lowest BCUT2D eigenvalue weighted by atomic mass is 9.79. The molecule has 4 heteroatoms. The van der Waals surface area contributed by atoms with Gasteiger partial charge in [-0.2, -0.15) is 0 Å². The zero-order valence-corrected chi connectivity index (χ0v) is 18.0. The van der Waals surface area contributed by atoms with Gasteiger partial charge in [0.15, 0.2) is 0 Å². The Bertz CT molecular complexity index is 632. The van der Waals surface area contributed by atoms with Crippen LogP contribution in [0, 0.1) is 5.92 Å². The highest BCUT2D eigenvalue weighted by atomic mass is 32.1. The molecule has 0 aromatic carbocycles. The summed E-state index contributed by atoms with van der Waals surface area (Å²) in [7, 11) is 0. The van der Waals surface area contributed by atoms with Crippen LogP contribution in [0.5, 0.6) is 0 Å². The van der Waals surface area contributed by atoms with Gasteiger partial charge in [-0.3, -0.25) is 4.79 Å². The molecule has 1 aromatic heterocycles. The van der Waals surface area contributed by atoms with Crippen LogP contribution in [0.2, 0.25) is 0 Å². The summed E-state index contributed by atoms with van der Waals surface area (Å²) in [6, 6.07) is 0.0456. The number of hydrogen-bond donors (Lipinski definition) is 2. The summed E-state index contributed by atoms with van der Waals surface area (Å²) >= 11 is 1.52. The Hall–Kier alpha value is -1.65. The van der Waals surface area contributed by atoms with Crippen molar-refractivity contribution in [1.29, 1.82) is 0 Å². The molecule has 3 N–H and O–H groups in total. The predicted molar refractivity (Wildman–Crippen MR) is 121 cm³/mol. The molecule has 0 saturated heterocycles. The van der Waals surface area contributed by atoms with E-state index in [2.05, 4.69) is 37.6 Å². The minimum Gasteiger partial charge on any atom is -0.347 e. The van der Waals surface area contributed by atoms with Gasteiger partial charge >= 0.3 is 0 Å². The standard InChI is InChI=1S/C21H30N2OS.C2H6/c1-4-7-8-9-11-15-12-10-13-18(22)20(15)23-21(24)17-14-25-19(6-3)16(17)5-2;1-2/h5-6,8-9,14-15,18,20H,2-4,7,10-13,22H2,1H3,(H,23,24);1-2H3/b9-8-;/t15?,18?,20-;/m0./s1. The number of amides is 1. The smallest absolute Gasteiger partial charge is 0.253 e. The molecule has 1 fully saturated rings. The van der Waals surface area contributed by atoms with E-state index < -0.39 is 0 Å². The molecule has 0 radical (unpaired) electrons. The second-order valence-corrected chi connectivity index (χ2v) is 7.60. The van der Waals surface area contributed by atoms with Crippen LogP contribution < -0.4 is 11.1 Å². The maximum Gasteiger partial charge on any atom is 0.253 e. The Morgan fingerprint density at radius 1 is 1.30 bits per heavy atom. The first-order valence-corrected chi connectivity index (χ1v) is 11.1. The van der Waals surface area contributed by atoms with Gasteiger partial charge in [0, 0.05) is 27.9 Å². The average molecular weight is 389 g/mol. The monoisotopic (exact) mass is 388 g/mol. The molecule has 3 atom stereocenters. The number of unbranched alkanes of at least 4 members (excludes halogenated alkanes) is 1. The fourth-order valence-electron chi connectivity index (χ4n) is 3.53. The van der Waals surface area contributed by atoms with Crippen molar-refractivity contribution >= 4 is 29.4 Å². The van der Waals surface area contributed by atoms with Crippen molar-refractivity contribution in [3.8, 4) is 0 Å². The molecule has 1 aliphatic carbocycles. The third-order valence-electron chi connectivity index (χ3n) is 4.93. The van der Waals surface area contributed by atoms with Crippen LogP contribution in [0.25, 0.3) is 12.2 Å². The highest BCUT2D eigenvalue weighted by Gasteiger charge is 2.32. The van der Waals surface area contributed by atoms with Gasteiger partial charge in [-0.15, -0.1) is 11.3 Å². The minimum atomic E-state index is -0.0517. The summed E-state index contributed by atoms with van der Waals surface area (Å²) in [4.78, 5) is 13.8. The minimum absolute atomic E-state index is 0.0203. The number of carbonyl (C=O) groups is 1. The van der Waals surface area contributed by atoms with Crippen molar-refractivity contribution in [2.75, 3.05) is 0 Å². The van der Waals surface area contributed by atoms with Crippen molar-refractivity contribution in [2.45, 2.75) is 71.4 Å². The van der Waals surface area contributed by atoms with Crippen LogP contribution in [0.15, 0.2) is 30.7 Å². The fourth-order valence-corrected chi connectivity index (χ4v) is 4.42. The lowest BCUT2D eigenvalue weighted by Gasteiger charge is -2.36. The lowest BCUT2D eigenvalue weighted by molar-refractivity contribution is 0.0895. The molecule has 1 heterocycles. The summed E-state index contributed by atoms with van der Waals surface area (Å²) in [5.74, 6) is 0.356. The third kappa shape index (κ3) is 6.47. The predicted octanol–water partition coefficient (Wildman–Crippen LogP) is 6.03. The highest BCUT2D eigenvalue weighted by Crippen LogP contribution is 2.29. The molecule has 3 nitrogen and oxygen atoms in total. The number of nitrogens with one attached hydrogen (secondary N) is 1. The summed E-state index contributed by atoms with van der Waals surface area (Å²) in [6.45, 7) is 13.8. The Morgan fingerprint density at radius 3 is 2.67 bits per heavy atom. The molecule has 1 aromatic rings. The van der Waals surface area contributed by atoms with Crippen LogP contribution in [-0.2, 0) is 0 Å². The van der Waals surface area contributed by atoms with E-state index in [9.17, 15) is 4.79 Å². The van der Waals surface area contributed by atoms with Crippen LogP contribution >= 0.6 is 11.3 Å². The van der Waals surface area contributed by atoms with Crippen LogP contribution in [0.3, 0.4) is 0 Å². The summed E-state index contributed by atoms with van der Waals surface area (Å²) in [6.07, 6.45) is 14.5. The Balaban J connectivity index is 0.00000176. The zero-order valence-electron chi connectivity index (χ0n) is 17.2. The molecule has 2 unspecified atom stereocenters. The molecular weight excluding hydrogens is 352 g/mol. The van der Waals surface area contributed by atoms with Gasteiger partial charge < -0.3 is 11.1 Å². The topological polar surface area (TPSA) is 55.1 Å². The Labute approximate surface area is 169 Å². The lowest BCUT2D eigenvalue weighted by Crippen LogP contribution is -2.53. The van der Waals surface area contributed by atoms with Crippen molar-refractivity contribution in [1.82, 2.24) is 5.32 Å². The number of thiophene rings is 1. The Kier molecular flexibility index (Phi) is 11.0. The number of hydrogen-bond acceptors (Lipinski definition) is 3. The van der Waals surface area contributed by atoms with Gasteiger partial charge in [0.05, 0.1) is 5.56 Å². The van der Waals surface area contributed by atoms with Gasteiger partial charge in [0.1, 0.15) is 0 Å². The Morgan fingerprint density at radius 2 is 2.04 bits per heavy atom. The largest absolute Gasteiger partial charge is 0.347 e. The molecule has 0 bridgehead atoms. The van der Waals surface area contributed by atoms with E-state index in [0.29, 0.717) is 11.5 Å². The maximum atomic E-state index is 12.8. The summed E-state index contributed by atoms with van der Waals surface area (Å²) in [5, 5.41) is 5.10. The van der Waals surface area contributed by atoms with Gasteiger partial charge in [0.2, 0.25) is 0 Å². The van der Waals surface area contributed by atoms with E-state index in [1.807, 2.05) is 19.2 Å².